The second-order valence-corrected chi connectivity index (χ2v) is 5.70. The van der Waals surface area contributed by atoms with E-state index in [4.69, 9.17) is 16.3 Å². The molecule has 0 atom stereocenters. The van der Waals surface area contributed by atoms with Gasteiger partial charge in [-0.1, -0.05) is 11.6 Å². The number of hydrogen-bond donors (Lipinski definition) is 2. The van der Waals surface area contributed by atoms with Crippen LogP contribution in [0.4, 0.5) is 16.2 Å². The molecule has 0 saturated heterocycles. The summed E-state index contributed by atoms with van der Waals surface area (Å²) in [4.78, 5) is 25.9. The van der Waals surface area contributed by atoms with E-state index in [1.165, 1.54) is 0 Å². The van der Waals surface area contributed by atoms with Crippen LogP contribution < -0.4 is 10.9 Å². The molecule has 0 fully saturated rings. The minimum Gasteiger partial charge on any atom is -0.443 e. The van der Waals surface area contributed by atoms with E-state index in [-0.39, 0.29) is 10.8 Å². The van der Waals surface area contributed by atoms with Gasteiger partial charge in [-0.2, -0.15) is 0 Å². The van der Waals surface area contributed by atoms with Crippen molar-refractivity contribution in [3.05, 3.63) is 26.5 Å². The Balaban J connectivity index is 3.03. The summed E-state index contributed by atoms with van der Waals surface area (Å²) in [7, 11) is 0. The van der Waals surface area contributed by atoms with Crippen LogP contribution in [0.3, 0.4) is 0 Å². The van der Waals surface area contributed by atoms with Gasteiger partial charge in [-0.05, 0) is 34.6 Å². The van der Waals surface area contributed by atoms with Gasteiger partial charge in [-0.3, -0.25) is 15.5 Å². The van der Waals surface area contributed by atoms with Crippen LogP contribution in [0.2, 0.25) is 5.15 Å². The van der Waals surface area contributed by atoms with Gasteiger partial charge in [0.2, 0.25) is 5.15 Å². The van der Waals surface area contributed by atoms with E-state index in [2.05, 4.69) is 15.8 Å². The standard InChI is InChI=1S/C12H17ClN4O4/c1-6-7(2)14-10(13)9(17(19)20)8(6)15-16-11(18)21-12(3,4)5/h1-5H3,(H,14,15)(H,16,18). The van der Waals surface area contributed by atoms with Gasteiger partial charge in [0, 0.05) is 11.3 Å². The average molecular weight is 317 g/mol. The zero-order chi connectivity index (χ0) is 16.4. The lowest BCUT2D eigenvalue weighted by atomic mass is 10.2. The Morgan fingerprint density at radius 1 is 1.38 bits per heavy atom. The summed E-state index contributed by atoms with van der Waals surface area (Å²) in [5.41, 5.74) is 4.72. The molecule has 1 heterocycles. The number of carbonyl (C=O) groups is 1. The molecule has 0 aliphatic heterocycles. The van der Waals surface area contributed by atoms with Crippen LogP contribution in [0.25, 0.3) is 0 Å². The van der Waals surface area contributed by atoms with Gasteiger partial charge >= 0.3 is 11.8 Å². The van der Waals surface area contributed by atoms with Crippen LogP contribution in [-0.2, 0) is 4.74 Å². The molecule has 0 bridgehead atoms. The molecule has 1 amide bonds. The number of nitrogens with zero attached hydrogens (tertiary/aromatic N) is 2. The molecule has 0 spiro atoms. The molecule has 8 nitrogen and oxygen atoms in total. The third-order valence-corrected chi connectivity index (χ3v) is 2.75. The smallest absolute Gasteiger partial charge is 0.426 e. The van der Waals surface area contributed by atoms with E-state index in [1.807, 2.05) is 0 Å². The van der Waals surface area contributed by atoms with Gasteiger partial charge in [0.15, 0.2) is 0 Å². The number of rotatable bonds is 3. The zero-order valence-electron chi connectivity index (χ0n) is 12.4. The van der Waals surface area contributed by atoms with E-state index in [1.54, 1.807) is 34.6 Å². The van der Waals surface area contributed by atoms with Crippen LogP contribution in [0.5, 0.6) is 0 Å². The molecule has 116 valence electrons. The predicted octanol–water partition coefficient (Wildman–Crippen LogP) is 3.11. The van der Waals surface area contributed by atoms with Gasteiger partial charge in [0.1, 0.15) is 11.3 Å². The molecule has 9 heteroatoms. The normalized spacial score (nSPS) is 11.0. The lowest BCUT2D eigenvalue weighted by Gasteiger charge is -2.20. The zero-order valence-corrected chi connectivity index (χ0v) is 13.2. The molecule has 0 saturated carbocycles. The summed E-state index contributed by atoms with van der Waals surface area (Å²) in [5, 5.41) is 10.8. The number of aromatic nitrogens is 1. The molecule has 2 N–H and O–H groups in total. The molecule has 0 unspecified atom stereocenters. The number of hydrazine groups is 1. The second kappa shape index (κ2) is 6.13. The number of amides is 1. The van der Waals surface area contributed by atoms with Crippen LogP contribution in [0, 0.1) is 24.0 Å². The van der Waals surface area contributed by atoms with Crippen molar-refractivity contribution in [3.8, 4) is 0 Å². The van der Waals surface area contributed by atoms with Crippen molar-refractivity contribution >= 4 is 29.1 Å². The number of nitrogens with one attached hydrogen (secondary N) is 2. The number of pyridine rings is 1. The fourth-order valence-corrected chi connectivity index (χ4v) is 1.77. The molecule has 1 aromatic heterocycles. The number of halogens is 1. The van der Waals surface area contributed by atoms with Crippen LogP contribution in [0.15, 0.2) is 0 Å². The summed E-state index contributed by atoms with van der Waals surface area (Å²) in [6, 6.07) is 0. The molecular formula is C12H17ClN4O4. The first-order chi connectivity index (χ1) is 9.53. The number of carbonyl (C=O) groups excluding carboxylic acids is 1. The monoisotopic (exact) mass is 316 g/mol. The third kappa shape index (κ3) is 4.45. The van der Waals surface area contributed by atoms with Gasteiger partial charge < -0.3 is 4.74 Å². The van der Waals surface area contributed by atoms with Gasteiger partial charge in [-0.25, -0.2) is 15.2 Å². The average Bonchev–Trinajstić information content (AvgIpc) is 2.28. The van der Waals surface area contributed by atoms with Crippen LogP contribution in [0.1, 0.15) is 32.0 Å². The minimum absolute atomic E-state index is 0.0726. The third-order valence-electron chi connectivity index (χ3n) is 2.49. The highest BCUT2D eigenvalue weighted by molar-refractivity contribution is 6.32. The minimum atomic E-state index is -0.762. The van der Waals surface area contributed by atoms with E-state index in [0.717, 1.165) is 0 Å². The maximum atomic E-state index is 11.6. The number of hydrogen-bond acceptors (Lipinski definition) is 6. The highest BCUT2D eigenvalue weighted by Crippen LogP contribution is 2.34. The summed E-state index contributed by atoms with van der Waals surface area (Å²) >= 11 is 5.79. The van der Waals surface area contributed by atoms with E-state index >= 15 is 0 Å². The maximum absolute atomic E-state index is 11.6. The fraction of sp³-hybridized carbons (Fsp3) is 0.500. The first kappa shape index (κ1) is 17.0. The van der Waals surface area contributed by atoms with Crippen molar-refractivity contribution in [2.24, 2.45) is 0 Å². The van der Waals surface area contributed by atoms with Gasteiger partial charge in [-0.15, -0.1) is 0 Å². The Morgan fingerprint density at radius 2 is 1.95 bits per heavy atom. The molecule has 0 radical (unpaired) electrons. The van der Waals surface area contributed by atoms with Crippen molar-refractivity contribution < 1.29 is 14.5 Å². The highest BCUT2D eigenvalue weighted by Gasteiger charge is 2.25. The first-order valence-electron chi connectivity index (χ1n) is 6.09. The molecule has 21 heavy (non-hydrogen) atoms. The topological polar surface area (TPSA) is 106 Å². The number of anilines is 1. The van der Waals surface area contributed by atoms with E-state index in [0.29, 0.717) is 11.3 Å². The number of ether oxygens (including phenoxy) is 1. The molecular weight excluding hydrogens is 300 g/mol. The number of aryl methyl sites for hydroxylation is 1. The number of nitro groups is 1. The molecule has 1 rings (SSSR count). The molecule has 1 aromatic rings. The van der Waals surface area contributed by atoms with Crippen molar-refractivity contribution in [1.82, 2.24) is 10.4 Å². The van der Waals surface area contributed by atoms with Crippen molar-refractivity contribution in [2.75, 3.05) is 5.43 Å². The van der Waals surface area contributed by atoms with Crippen molar-refractivity contribution in [2.45, 2.75) is 40.2 Å². The Hall–Kier alpha value is -2.09. The first-order valence-corrected chi connectivity index (χ1v) is 6.47. The second-order valence-electron chi connectivity index (χ2n) is 5.35. The quantitative estimate of drug-likeness (QED) is 0.504. The Morgan fingerprint density at radius 3 is 2.43 bits per heavy atom. The molecule has 0 aromatic carbocycles. The van der Waals surface area contributed by atoms with Crippen molar-refractivity contribution in [1.29, 1.82) is 0 Å². The predicted molar refractivity (Wildman–Crippen MR) is 78.4 cm³/mol. The van der Waals surface area contributed by atoms with Gasteiger partial charge in [0.25, 0.3) is 0 Å². The molecule has 0 aliphatic carbocycles. The van der Waals surface area contributed by atoms with Crippen LogP contribution in [-0.4, -0.2) is 21.6 Å². The fourth-order valence-electron chi connectivity index (χ4n) is 1.48. The van der Waals surface area contributed by atoms with E-state index < -0.39 is 22.3 Å². The molecule has 0 aliphatic rings. The van der Waals surface area contributed by atoms with Crippen molar-refractivity contribution in [3.63, 3.8) is 0 Å². The summed E-state index contributed by atoms with van der Waals surface area (Å²) in [6.07, 6.45) is -0.762. The highest BCUT2D eigenvalue weighted by atomic mass is 35.5. The largest absolute Gasteiger partial charge is 0.443 e. The van der Waals surface area contributed by atoms with Crippen LogP contribution >= 0.6 is 11.6 Å². The van der Waals surface area contributed by atoms with E-state index in [9.17, 15) is 14.9 Å². The summed E-state index contributed by atoms with van der Waals surface area (Å²) in [5.74, 6) is 0. The summed E-state index contributed by atoms with van der Waals surface area (Å²) < 4.78 is 5.03. The maximum Gasteiger partial charge on any atom is 0.426 e. The van der Waals surface area contributed by atoms with Gasteiger partial charge in [0.05, 0.1) is 4.92 Å². The lowest BCUT2D eigenvalue weighted by Crippen LogP contribution is -2.36. The Bertz CT molecular complexity index is 584. The SMILES string of the molecule is Cc1nc(Cl)c([N+](=O)[O-])c(NNC(=O)OC(C)(C)C)c1C. The summed E-state index contributed by atoms with van der Waals surface area (Å²) in [6.45, 7) is 8.39. The lowest BCUT2D eigenvalue weighted by molar-refractivity contribution is -0.384. The Labute approximate surface area is 127 Å². The Kier molecular flexibility index (Phi) is 4.95.